The van der Waals surface area contributed by atoms with Crippen LogP contribution >= 0.6 is 0 Å². The van der Waals surface area contributed by atoms with Crippen molar-refractivity contribution in [1.82, 2.24) is 9.38 Å². The Kier molecular flexibility index (Phi) is 2.08. The molecule has 0 saturated carbocycles. The Morgan fingerprint density at radius 2 is 2.29 bits per heavy atom. The molecule has 0 unspecified atom stereocenters. The van der Waals surface area contributed by atoms with Crippen molar-refractivity contribution in [2.75, 3.05) is 0 Å². The zero-order chi connectivity index (χ0) is 10.1. The predicted octanol–water partition coefficient (Wildman–Crippen LogP) is 2.02. The van der Waals surface area contributed by atoms with Crippen LogP contribution in [0, 0.1) is 6.92 Å². The molecule has 0 saturated heterocycles. The SMILES string of the molecule is CCc1ccc2c(C=O)nc(C)n2c1. The maximum absolute atomic E-state index is 10.7. The van der Waals surface area contributed by atoms with Crippen molar-refractivity contribution >= 4 is 11.8 Å². The first kappa shape index (κ1) is 8.94. The number of pyridine rings is 1. The molecule has 0 aliphatic carbocycles. The number of carbonyl (C=O) groups is 1. The quantitative estimate of drug-likeness (QED) is 0.676. The van der Waals surface area contributed by atoms with Crippen LogP contribution in [-0.4, -0.2) is 15.7 Å². The minimum atomic E-state index is 0.519. The lowest BCUT2D eigenvalue weighted by molar-refractivity contribution is 0.112. The minimum absolute atomic E-state index is 0.519. The van der Waals surface area contributed by atoms with E-state index in [9.17, 15) is 4.79 Å². The number of nitrogens with zero attached hydrogens (tertiary/aromatic N) is 2. The number of carbonyl (C=O) groups excluding carboxylic acids is 1. The highest BCUT2D eigenvalue weighted by molar-refractivity contribution is 5.83. The fourth-order valence-electron chi connectivity index (χ4n) is 1.60. The Balaban J connectivity index is 2.76. The third-order valence-corrected chi connectivity index (χ3v) is 2.42. The van der Waals surface area contributed by atoms with Crippen molar-refractivity contribution in [2.45, 2.75) is 20.3 Å². The fraction of sp³-hybridized carbons (Fsp3) is 0.273. The van der Waals surface area contributed by atoms with Crippen LogP contribution in [0.15, 0.2) is 18.3 Å². The van der Waals surface area contributed by atoms with Gasteiger partial charge in [-0.3, -0.25) is 4.79 Å². The van der Waals surface area contributed by atoms with Gasteiger partial charge >= 0.3 is 0 Å². The third-order valence-electron chi connectivity index (χ3n) is 2.42. The lowest BCUT2D eigenvalue weighted by Gasteiger charge is -1.99. The molecule has 2 heterocycles. The second-order valence-electron chi connectivity index (χ2n) is 3.31. The molecule has 0 amide bonds. The van der Waals surface area contributed by atoms with Gasteiger partial charge in [-0.25, -0.2) is 4.98 Å². The maximum Gasteiger partial charge on any atom is 0.170 e. The largest absolute Gasteiger partial charge is 0.303 e. The normalized spacial score (nSPS) is 10.7. The van der Waals surface area contributed by atoms with E-state index in [1.165, 1.54) is 5.56 Å². The molecule has 0 bridgehead atoms. The van der Waals surface area contributed by atoms with Crippen LogP contribution in [-0.2, 0) is 6.42 Å². The highest BCUT2D eigenvalue weighted by Gasteiger charge is 2.06. The summed E-state index contributed by atoms with van der Waals surface area (Å²) in [6, 6.07) is 3.98. The van der Waals surface area contributed by atoms with E-state index >= 15 is 0 Å². The summed E-state index contributed by atoms with van der Waals surface area (Å²) in [5.74, 6) is 0.859. The van der Waals surface area contributed by atoms with Gasteiger partial charge < -0.3 is 4.40 Å². The first-order chi connectivity index (χ1) is 6.76. The predicted molar refractivity (Wildman–Crippen MR) is 54.7 cm³/mol. The van der Waals surface area contributed by atoms with Crippen molar-refractivity contribution in [3.05, 3.63) is 35.4 Å². The van der Waals surface area contributed by atoms with Crippen LogP contribution in [0.2, 0.25) is 0 Å². The number of aromatic nitrogens is 2. The Morgan fingerprint density at radius 3 is 2.93 bits per heavy atom. The average Bonchev–Trinajstić information content (AvgIpc) is 2.55. The molecular formula is C11H12N2O. The first-order valence-corrected chi connectivity index (χ1v) is 4.69. The minimum Gasteiger partial charge on any atom is -0.303 e. The highest BCUT2D eigenvalue weighted by Crippen LogP contribution is 2.13. The monoisotopic (exact) mass is 188 g/mol. The Morgan fingerprint density at radius 1 is 1.50 bits per heavy atom. The molecule has 3 nitrogen and oxygen atoms in total. The summed E-state index contributed by atoms with van der Waals surface area (Å²) >= 11 is 0. The van der Waals surface area contributed by atoms with Gasteiger partial charge in [0, 0.05) is 6.20 Å². The molecule has 0 fully saturated rings. The number of rotatable bonds is 2. The molecule has 14 heavy (non-hydrogen) atoms. The molecule has 0 atom stereocenters. The van der Waals surface area contributed by atoms with Crippen LogP contribution in [0.5, 0.6) is 0 Å². The van der Waals surface area contributed by atoms with Crippen LogP contribution in [0.4, 0.5) is 0 Å². The molecule has 3 heteroatoms. The second-order valence-corrected chi connectivity index (χ2v) is 3.31. The molecule has 2 aromatic rings. The van der Waals surface area contributed by atoms with Gasteiger partial charge in [0.2, 0.25) is 0 Å². The lowest BCUT2D eigenvalue weighted by atomic mass is 10.2. The topological polar surface area (TPSA) is 34.4 Å². The number of hydrogen-bond donors (Lipinski definition) is 0. The van der Waals surface area contributed by atoms with E-state index in [4.69, 9.17) is 0 Å². The van der Waals surface area contributed by atoms with E-state index in [-0.39, 0.29) is 0 Å². The number of imidazole rings is 1. The summed E-state index contributed by atoms with van der Waals surface area (Å²) in [7, 11) is 0. The van der Waals surface area contributed by atoms with Crippen molar-refractivity contribution in [3.63, 3.8) is 0 Å². The van der Waals surface area contributed by atoms with Crippen LogP contribution in [0.25, 0.3) is 5.52 Å². The van der Waals surface area contributed by atoms with E-state index in [2.05, 4.69) is 11.9 Å². The fourth-order valence-corrected chi connectivity index (χ4v) is 1.60. The molecule has 0 aliphatic rings. The molecule has 2 rings (SSSR count). The van der Waals surface area contributed by atoms with Crippen LogP contribution in [0.3, 0.4) is 0 Å². The Labute approximate surface area is 82.4 Å². The van der Waals surface area contributed by atoms with Crippen LogP contribution in [0.1, 0.15) is 28.8 Å². The van der Waals surface area contributed by atoms with Gasteiger partial charge in [0.05, 0.1) is 5.52 Å². The Bertz CT molecular complexity index is 485. The zero-order valence-corrected chi connectivity index (χ0v) is 8.32. The molecule has 0 aromatic carbocycles. The van der Waals surface area contributed by atoms with Gasteiger partial charge in [0.15, 0.2) is 6.29 Å². The molecule has 0 N–H and O–H groups in total. The maximum atomic E-state index is 10.7. The average molecular weight is 188 g/mol. The Hall–Kier alpha value is -1.64. The molecule has 72 valence electrons. The van der Waals surface area contributed by atoms with Crippen molar-refractivity contribution in [3.8, 4) is 0 Å². The summed E-state index contributed by atoms with van der Waals surface area (Å²) in [5, 5.41) is 0. The van der Waals surface area contributed by atoms with Gasteiger partial charge in [0.25, 0.3) is 0 Å². The van der Waals surface area contributed by atoms with Crippen LogP contribution < -0.4 is 0 Å². The lowest BCUT2D eigenvalue weighted by Crippen LogP contribution is -1.90. The molecule has 0 spiro atoms. The third kappa shape index (κ3) is 1.21. The summed E-state index contributed by atoms with van der Waals surface area (Å²) in [4.78, 5) is 14.9. The van der Waals surface area contributed by atoms with E-state index < -0.39 is 0 Å². The molecule has 2 aromatic heterocycles. The van der Waals surface area contributed by atoms with Gasteiger partial charge in [-0.1, -0.05) is 13.0 Å². The zero-order valence-electron chi connectivity index (χ0n) is 8.32. The van der Waals surface area contributed by atoms with Crippen molar-refractivity contribution in [1.29, 1.82) is 0 Å². The number of aldehydes is 1. The van der Waals surface area contributed by atoms with E-state index in [0.717, 1.165) is 24.0 Å². The highest BCUT2D eigenvalue weighted by atomic mass is 16.1. The van der Waals surface area contributed by atoms with E-state index in [1.54, 1.807) is 0 Å². The van der Waals surface area contributed by atoms with Gasteiger partial charge in [-0.05, 0) is 25.0 Å². The summed E-state index contributed by atoms with van der Waals surface area (Å²) in [6.07, 6.45) is 3.82. The summed E-state index contributed by atoms with van der Waals surface area (Å²) < 4.78 is 1.96. The number of hydrogen-bond acceptors (Lipinski definition) is 2. The van der Waals surface area contributed by atoms with Gasteiger partial charge in [-0.2, -0.15) is 0 Å². The van der Waals surface area contributed by atoms with Gasteiger partial charge in [-0.15, -0.1) is 0 Å². The standard InChI is InChI=1S/C11H12N2O/c1-3-9-4-5-11-10(7-14)12-8(2)13(11)6-9/h4-7H,3H2,1-2H3. The van der Waals surface area contributed by atoms with Crippen molar-refractivity contribution in [2.24, 2.45) is 0 Å². The second kappa shape index (κ2) is 3.25. The number of fused-ring (bicyclic) bond motifs is 1. The van der Waals surface area contributed by atoms with E-state index in [0.29, 0.717) is 5.69 Å². The number of aryl methyl sites for hydroxylation is 2. The summed E-state index contributed by atoms with van der Waals surface area (Å²) in [6.45, 7) is 4.01. The van der Waals surface area contributed by atoms with E-state index in [1.807, 2.05) is 29.7 Å². The van der Waals surface area contributed by atoms with Crippen molar-refractivity contribution < 1.29 is 4.79 Å². The summed E-state index contributed by atoms with van der Waals surface area (Å²) in [5.41, 5.74) is 2.65. The smallest absolute Gasteiger partial charge is 0.170 e. The molecule has 0 aliphatic heterocycles. The van der Waals surface area contributed by atoms with Gasteiger partial charge in [0.1, 0.15) is 11.5 Å². The molecule has 0 radical (unpaired) electrons. The first-order valence-electron chi connectivity index (χ1n) is 4.69. The molecular weight excluding hydrogens is 176 g/mol.